The lowest BCUT2D eigenvalue weighted by molar-refractivity contribution is 0.581. The van der Waals surface area contributed by atoms with Crippen molar-refractivity contribution in [1.29, 1.82) is 0 Å². The van der Waals surface area contributed by atoms with Crippen molar-refractivity contribution in [3.05, 3.63) is 30.1 Å². The number of aromatic nitrogens is 1. The van der Waals surface area contributed by atoms with Crippen LogP contribution in [0.4, 0.5) is 0 Å². The Kier molecular flexibility index (Phi) is 7.87. The Morgan fingerprint density at radius 3 is 2.77 bits per heavy atom. The van der Waals surface area contributed by atoms with E-state index in [4.69, 9.17) is 0 Å². The number of sulfone groups is 1. The average molecular weight is 326 g/mol. The molecule has 0 amide bonds. The maximum absolute atomic E-state index is 11.2. The van der Waals surface area contributed by atoms with E-state index >= 15 is 0 Å². The Labute approximate surface area is 133 Å². The molecule has 1 unspecified atom stereocenters. The zero-order valence-electron chi connectivity index (χ0n) is 13.5. The maximum Gasteiger partial charge on any atom is 0.191 e. The molecular formula is C15H26N4O2S. The smallest absolute Gasteiger partial charge is 0.191 e. The van der Waals surface area contributed by atoms with E-state index in [9.17, 15) is 8.42 Å². The van der Waals surface area contributed by atoms with Gasteiger partial charge in [-0.15, -0.1) is 0 Å². The summed E-state index contributed by atoms with van der Waals surface area (Å²) >= 11 is 0. The molecule has 1 aromatic heterocycles. The van der Waals surface area contributed by atoms with Gasteiger partial charge in [0.05, 0.1) is 5.75 Å². The predicted molar refractivity (Wildman–Crippen MR) is 90.8 cm³/mol. The summed E-state index contributed by atoms with van der Waals surface area (Å²) in [6, 6.07) is 5.87. The molecule has 0 bridgehead atoms. The fraction of sp³-hybridized carbons (Fsp3) is 0.600. The normalized spacial score (nSPS) is 13.7. The molecule has 0 aliphatic rings. The first kappa shape index (κ1) is 18.4. The Morgan fingerprint density at radius 2 is 2.18 bits per heavy atom. The Hall–Kier alpha value is -1.63. The van der Waals surface area contributed by atoms with Crippen LogP contribution in [0.2, 0.25) is 0 Å². The first-order valence-electron chi connectivity index (χ1n) is 7.53. The molecule has 1 heterocycles. The molecule has 0 aliphatic heterocycles. The zero-order valence-corrected chi connectivity index (χ0v) is 14.4. The Morgan fingerprint density at radius 1 is 1.41 bits per heavy atom. The van der Waals surface area contributed by atoms with E-state index in [1.165, 1.54) is 6.26 Å². The average Bonchev–Trinajstić information content (AvgIpc) is 2.46. The summed E-state index contributed by atoms with van der Waals surface area (Å²) in [6.07, 6.45) is 4.36. The molecule has 22 heavy (non-hydrogen) atoms. The van der Waals surface area contributed by atoms with Crippen LogP contribution in [0.5, 0.6) is 0 Å². The van der Waals surface area contributed by atoms with Crippen molar-refractivity contribution in [3.8, 4) is 0 Å². The number of nitrogens with zero attached hydrogens (tertiary/aromatic N) is 2. The van der Waals surface area contributed by atoms with Crippen molar-refractivity contribution in [2.75, 3.05) is 25.1 Å². The summed E-state index contributed by atoms with van der Waals surface area (Å²) in [6.45, 7) is 5.34. The Bertz CT molecular complexity index is 558. The second-order valence-corrected chi connectivity index (χ2v) is 7.56. The first-order chi connectivity index (χ1) is 10.4. The molecule has 0 aliphatic carbocycles. The van der Waals surface area contributed by atoms with E-state index in [0.29, 0.717) is 18.9 Å². The van der Waals surface area contributed by atoms with Crippen molar-refractivity contribution in [1.82, 2.24) is 15.6 Å². The summed E-state index contributed by atoms with van der Waals surface area (Å²) in [7, 11) is -2.93. The van der Waals surface area contributed by atoms with Gasteiger partial charge in [-0.3, -0.25) is 9.98 Å². The number of rotatable bonds is 8. The van der Waals surface area contributed by atoms with Crippen LogP contribution in [-0.2, 0) is 16.3 Å². The van der Waals surface area contributed by atoms with Gasteiger partial charge in [0.1, 0.15) is 9.84 Å². The quantitative estimate of drug-likeness (QED) is 0.550. The minimum Gasteiger partial charge on any atom is -0.357 e. The van der Waals surface area contributed by atoms with Crippen LogP contribution in [0, 0.1) is 0 Å². The van der Waals surface area contributed by atoms with Crippen LogP contribution in [0.1, 0.15) is 26.0 Å². The molecule has 6 nitrogen and oxygen atoms in total. The van der Waals surface area contributed by atoms with Crippen LogP contribution in [0.25, 0.3) is 0 Å². The third-order valence-corrected chi connectivity index (χ3v) is 3.99. The third kappa shape index (κ3) is 8.61. The highest BCUT2D eigenvalue weighted by atomic mass is 32.2. The van der Waals surface area contributed by atoms with Crippen molar-refractivity contribution in [2.24, 2.45) is 4.99 Å². The molecule has 0 radical (unpaired) electrons. The molecule has 0 saturated carbocycles. The number of aliphatic imine (C=N–C) groups is 1. The maximum atomic E-state index is 11.2. The second kappa shape index (κ2) is 9.40. The van der Waals surface area contributed by atoms with Crippen LogP contribution in [-0.4, -0.2) is 50.5 Å². The number of guanidine groups is 1. The lowest BCUT2D eigenvalue weighted by Crippen LogP contribution is -2.43. The van der Waals surface area contributed by atoms with E-state index in [1.54, 1.807) is 6.20 Å². The molecule has 7 heteroatoms. The number of hydrogen-bond donors (Lipinski definition) is 2. The van der Waals surface area contributed by atoms with E-state index < -0.39 is 9.84 Å². The lowest BCUT2D eigenvalue weighted by Gasteiger charge is -2.17. The lowest BCUT2D eigenvalue weighted by atomic mass is 10.2. The summed E-state index contributed by atoms with van der Waals surface area (Å²) in [5.74, 6) is 0.883. The molecule has 0 spiro atoms. The molecule has 1 rings (SSSR count). The minimum atomic E-state index is -2.93. The van der Waals surface area contributed by atoms with Gasteiger partial charge in [-0.2, -0.15) is 0 Å². The fourth-order valence-corrected chi connectivity index (χ4v) is 2.63. The van der Waals surface area contributed by atoms with E-state index in [-0.39, 0.29) is 11.8 Å². The Balaban J connectivity index is 2.47. The van der Waals surface area contributed by atoms with Crippen molar-refractivity contribution in [3.63, 3.8) is 0 Å². The van der Waals surface area contributed by atoms with Gasteiger partial charge in [-0.05, 0) is 32.4 Å². The molecule has 2 N–H and O–H groups in total. The van der Waals surface area contributed by atoms with Crippen molar-refractivity contribution < 1.29 is 8.42 Å². The van der Waals surface area contributed by atoms with Gasteiger partial charge in [0.15, 0.2) is 5.96 Å². The summed E-state index contributed by atoms with van der Waals surface area (Å²) in [5.41, 5.74) is 1.01. The third-order valence-electron chi connectivity index (χ3n) is 3.01. The topological polar surface area (TPSA) is 83.4 Å². The molecule has 1 atom stereocenters. The minimum absolute atomic E-state index is 0.0439. The van der Waals surface area contributed by atoms with E-state index in [0.717, 1.165) is 18.7 Å². The molecule has 0 saturated heterocycles. The summed E-state index contributed by atoms with van der Waals surface area (Å²) in [5, 5.41) is 6.40. The summed E-state index contributed by atoms with van der Waals surface area (Å²) in [4.78, 5) is 8.76. The molecule has 0 aromatic carbocycles. The standard InChI is InChI=1S/C15H26N4O2S/c1-4-16-15(19-13(2)9-12-22(3,20)21)18-11-8-14-7-5-6-10-17-14/h5-7,10,13H,4,8-9,11-12H2,1-3H3,(H2,16,18,19). The van der Waals surface area contributed by atoms with Crippen molar-refractivity contribution >= 4 is 15.8 Å². The molecular weight excluding hydrogens is 300 g/mol. The van der Waals surface area contributed by atoms with E-state index in [1.807, 2.05) is 32.0 Å². The summed E-state index contributed by atoms with van der Waals surface area (Å²) < 4.78 is 22.4. The number of pyridine rings is 1. The van der Waals surface area contributed by atoms with Gasteiger partial charge in [0.25, 0.3) is 0 Å². The fourth-order valence-electron chi connectivity index (χ4n) is 1.84. The highest BCUT2D eigenvalue weighted by Gasteiger charge is 2.09. The second-order valence-electron chi connectivity index (χ2n) is 5.30. The SMILES string of the molecule is CCNC(=NCCc1ccccn1)NC(C)CCS(C)(=O)=O. The van der Waals surface area contributed by atoms with Gasteiger partial charge in [-0.25, -0.2) is 8.42 Å². The molecule has 124 valence electrons. The van der Waals surface area contributed by atoms with Crippen LogP contribution in [0.15, 0.2) is 29.4 Å². The first-order valence-corrected chi connectivity index (χ1v) is 9.59. The van der Waals surface area contributed by atoms with E-state index in [2.05, 4.69) is 20.6 Å². The van der Waals surface area contributed by atoms with Gasteiger partial charge in [-0.1, -0.05) is 6.07 Å². The number of hydrogen-bond acceptors (Lipinski definition) is 4. The predicted octanol–water partition coefficient (Wildman–Crippen LogP) is 1.00. The molecule has 0 fully saturated rings. The van der Waals surface area contributed by atoms with Gasteiger partial charge >= 0.3 is 0 Å². The zero-order chi connectivity index (χ0) is 16.4. The van der Waals surface area contributed by atoms with Gasteiger partial charge < -0.3 is 10.6 Å². The van der Waals surface area contributed by atoms with Gasteiger partial charge in [0.2, 0.25) is 0 Å². The number of nitrogens with one attached hydrogen (secondary N) is 2. The van der Waals surface area contributed by atoms with Gasteiger partial charge in [0, 0.05) is 43.7 Å². The van der Waals surface area contributed by atoms with Crippen LogP contribution in [0.3, 0.4) is 0 Å². The monoisotopic (exact) mass is 326 g/mol. The highest BCUT2D eigenvalue weighted by molar-refractivity contribution is 7.90. The largest absolute Gasteiger partial charge is 0.357 e. The molecule has 1 aromatic rings. The van der Waals surface area contributed by atoms with Crippen LogP contribution < -0.4 is 10.6 Å². The van der Waals surface area contributed by atoms with Crippen LogP contribution >= 0.6 is 0 Å². The highest BCUT2D eigenvalue weighted by Crippen LogP contribution is 1.97. The van der Waals surface area contributed by atoms with Crippen molar-refractivity contribution in [2.45, 2.75) is 32.7 Å².